The zero-order chi connectivity index (χ0) is 15.4. The maximum absolute atomic E-state index is 13.9. The molecule has 2 N–H and O–H groups in total. The Morgan fingerprint density at radius 2 is 2.24 bits per heavy atom. The maximum Gasteiger partial charge on any atom is 0.165 e. The van der Waals surface area contributed by atoms with Crippen LogP contribution in [0.15, 0.2) is 30.9 Å². The summed E-state index contributed by atoms with van der Waals surface area (Å²) in [6.07, 6.45) is 3.55. The predicted octanol–water partition coefficient (Wildman–Crippen LogP) is 3.42. The third-order valence-corrected chi connectivity index (χ3v) is 3.30. The van der Waals surface area contributed by atoms with E-state index in [4.69, 9.17) is 10.5 Å². The van der Waals surface area contributed by atoms with Crippen LogP contribution in [0.1, 0.15) is 19.2 Å². The highest BCUT2D eigenvalue weighted by Crippen LogP contribution is 2.30. The fraction of sp³-hybridized carbons (Fsp3) is 0.312. The molecule has 5 heteroatoms. The second-order valence-electron chi connectivity index (χ2n) is 4.76. The number of hydrogen-bond acceptors (Lipinski definition) is 3. The molecule has 0 amide bonds. The van der Waals surface area contributed by atoms with Crippen molar-refractivity contribution in [3.8, 4) is 17.0 Å². The standard InChI is InChI=1S/C16H20FN3O/c1-4-6-14-19-15(16(18)20(14)9-5-2)11-7-8-13(21-3)12(17)10-11/h5,7-8,10H,2,4,6,9,18H2,1,3H3. The van der Waals surface area contributed by atoms with Gasteiger partial charge in [0.25, 0.3) is 0 Å². The van der Waals surface area contributed by atoms with Crippen LogP contribution in [0.3, 0.4) is 0 Å². The third-order valence-electron chi connectivity index (χ3n) is 3.30. The molecule has 0 aliphatic heterocycles. The number of methoxy groups -OCH3 is 1. The average molecular weight is 289 g/mol. The molecule has 0 bridgehead atoms. The summed E-state index contributed by atoms with van der Waals surface area (Å²) in [7, 11) is 1.44. The number of allylic oxidation sites excluding steroid dienone is 1. The number of ether oxygens (including phenoxy) is 1. The van der Waals surface area contributed by atoms with Crippen molar-refractivity contribution in [2.75, 3.05) is 12.8 Å². The summed E-state index contributed by atoms with van der Waals surface area (Å²) in [5, 5.41) is 0. The van der Waals surface area contributed by atoms with E-state index in [1.807, 2.05) is 4.57 Å². The zero-order valence-electron chi connectivity index (χ0n) is 12.4. The molecule has 1 heterocycles. The molecule has 0 spiro atoms. The number of nitrogens with two attached hydrogens (primary N) is 1. The van der Waals surface area contributed by atoms with E-state index in [9.17, 15) is 4.39 Å². The fourth-order valence-corrected chi connectivity index (χ4v) is 2.29. The van der Waals surface area contributed by atoms with Gasteiger partial charge in [-0.3, -0.25) is 0 Å². The first kappa shape index (κ1) is 15.1. The molecule has 0 saturated carbocycles. The monoisotopic (exact) mass is 289 g/mol. The lowest BCUT2D eigenvalue weighted by molar-refractivity contribution is 0.386. The highest BCUT2D eigenvalue weighted by Gasteiger charge is 2.16. The van der Waals surface area contributed by atoms with Crippen molar-refractivity contribution >= 4 is 5.82 Å². The van der Waals surface area contributed by atoms with Crippen LogP contribution >= 0.6 is 0 Å². The van der Waals surface area contributed by atoms with Gasteiger partial charge >= 0.3 is 0 Å². The Morgan fingerprint density at radius 3 is 2.81 bits per heavy atom. The molecule has 2 aromatic rings. The van der Waals surface area contributed by atoms with E-state index in [0.29, 0.717) is 23.6 Å². The van der Waals surface area contributed by atoms with Crippen LogP contribution in [0, 0.1) is 5.82 Å². The number of rotatable bonds is 6. The van der Waals surface area contributed by atoms with Gasteiger partial charge in [0, 0.05) is 18.5 Å². The van der Waals surface area contributed by atoms with E-state index in [-0.39, 0.29) is 5.75 Å². The summed E-state index contributed by atoms with van der Waals surface area (Å²) in [5.74, 6) is 1.20. The first-order valence-corrected chi connectivity index (χ1v) is 6.92. The number of aromatic nitrogens is 2. The number of aryl methyl sites for hydroxylation is 1. The van der Waals surface area contributed by atoms with E-state index in [1.165, 1.54) is 13.2 Å². The highest BCUT2D eigenvalue weighted by atomic mass is 19.1. The van der Waals surface area contributed by atoms with E-state index in [0.717, 1.165) is 18.7 Å². The summed E-state index contributed by atoms with van der Waals surface area (Å²) in [5.41, 5.74) is 7.42. The van der Waals surface area contributed by atoms with Gasteiger partial charge in [0.05, 0.1) is 7.11 Å². The van der Waals surface area contributed by atoms with Gasteiger partial charge in [0.1, 0.15) is 17.3 Å². The Bertz CT molecular complexity index is 649. The molecule has 4 nitrogen and oxygen atoms in total. The second kappa shape index (κ2) is 6.43. The van der Waals surface area contributed by atoms with Crippen LogP contribution in [0.25, 0.3) is 11.3 Å². The minimum Gasteiger partial charge on any atom is -0.494 e. The Labute approximate surface area is 124 Å². The zero-order valence-corrected chi connectivity index (χ0v) is 12.4. The van der Waals surface area contributed by atoms with E-state index in [2.05, 4.69) is 18.5 Å². The third kappa shape index (κ3) is 2.91. The average Bonchev–Trinajstić information content (AvgIpc) is 2.77. The van der Waals surface area contributed by atoms with Gasteiger partial charge in [-0.05, 0) is 24.6 Å². The number of benzene rings is 1. The molecule has 0 aliphatic rings. The molecule has 0 fully saturated rings. The van der Waals surface area contributed by atoms with E-state index in [1.54, 1.807) is 18.2 Å². The Morgan fingerprint density at radius 1 is 1.48 bits per heavy atom. The summed E-state index contributed by atoms with van der Waals surface area (Å²) < 4.78 is 20.7. The number of nitrogens with zero attached hydrogens (tertiary/aromatic N) is 2. The second-order valence-corrected chi connectivity index (χ2v) is 4.76. The maximum atomic E-state index is 13.9. The topological polar surface area (TPSA) is 53.1 Å². The van der Waals surface area contributed by atoms with Gasteiger partial charge < -0.3 is 15.0 Å². The largest absolute Gasteiger partial charge is 0.494 e. The van der Waals surface area contributed by atoms with Gasteiger partial charge in [0.2, 0.25) is 0 Å². The smallest absolute Gasteiger partial charge is 0.165 e. The van der Waals surface area contributed by atoms with Crippen LogP contribution in [-0.2, 0) is 13.0 Å². The minimum absolute atomic E-state index is 0.205. The molecule has 1 aromatic carbocycles. The van der Waals surface area contributed by atoms with Crippen LogP contribution in [-0.4, -0.2) is 16.7 Å². The Balaban J connectivity index is 2.50. The van der Waals surface area contributed by atoms with Crippen molar-refractivity contribution in [3.63, 3.8) is 0 Å². The molecule has 21 heavy (non-hydrogen) atoms. The van der Waals surface area contributed by atoms with Crippen molar-refractivity contribution in [3.05, 3.63) is 42.5 Å². The van der Waals surface area contributed by atoms with Crippen molar-refractivity contribution in [1.29, 1.82) is 0 Å². The van der Waals surface area contributed by atoms with Gasteiger partial charge in [-0.1, -0.05) is 13.0 Å². The minimum atomic E-state index is -0.426. The first-order valence-electron chi connectivity index (χ1n) is 6.92. The van der Waals surface area contributed by atoms with Crippen molar-refractivity contribution in [2.45, 2.75) is 26.3 Å². The van der Waals surface area contributed by atoms with Crippen molar-refractivity contribution in [2.24, 2.45) is 0 Å². The normalized spacial score (nSPS) is 10.6. The van der Waals surface area contributed by atoms with E-state index < -0.39 is 5.82 Å². The lowest BCUT2D eigenvalue weighted by Crippen LogP contribution is -2.05. The number of anilines is 1. The predicted molar refractivity (Wildman–Crippen MR) is 82.8 cm³/mol. The van der Waals surface area contributed by atoms with Crippen LogP contribution in [0.5, 0.6) is 5.75 Å². The van der Waals surface area contributed by atoms with E-state index >= 15 is 0 Å². The lowest BCUT2D eigenvalue weighted by Gasteiger charge is -2.06. The molecular weight excluding hydrogens is 269 g/mol. The number of nitrogen functional groups attached to an aromatic ring is 1. The van der Waals surface area contributed by atoms with Gasteiger partial charge in [0.15, 0.2) is 11.6 Å². The fourth-order valence-electron chi connectivity index (χ4n) is 2.29. The summed E-state index contributed by atoms with van der Waals surface area (Å²) in [4.78, 5) is 4.57. The molecule has 1 aromatic heterocycles. The van der Waals surface area contributed by atoms with Crippen LogP contribution in [0.4, 0.5) is 10.2 Å². The lowest BCUT2D eigenvalue weighted by atomic mass is 10.1. The number of halogens is 1. The molecular formula is C16H20FN3O. The van der Waals surface area contributed by atoms with Crippen molar-refractivity contribution in [1.82, 2.24) is 9.55 Å². The number of imidazole rings is 1. The Hall–Kier alpha value is -2.30. The molecule has 0 atom stereocenters. The number of hydrogen-bond donors (Lipinski definition) is 1. The highest BCUT2D eigenvalue weighted by molar-refractivity contribution is 5.71. The first-order chi connectivity index (χ1) is 10.1. The molecule has 112 valence electrons. The summed E-state index contributed by atoms with van der Waals surface area (Å²) >= 11 is 0. The summed E-state index contributed by atoms with van der Waals surface area (Å²) in [6.45, 7) is 6.41. The van der Waals surface area contributed by atoms with Crippen molar-refractivity contribution < 1.29 is 9.13 Å². The SMILES string of the molecule is C=CCn1c(CCC)nc(-c2ccc(OC)c(F)c2)c1N. The molecule has 0 radical (unpaired) electrons. The summed E-state index contributed by atoms with van der Waals surface area (Å²) in [6, 6.07) is 4.73. The Kier molecular flexibility index (Phi) is 4.62. The molecule has 2 rings (SSSR count). The molecule has 0 aliphatic carbocycles. The van der Waals surface area contributed by atoms with Gasteiger partial charge in [-0.2, -0.15) is 0 Å². The van der Waals surface area contributed by atoms with Gasteiger partial charge in [-0.25, -0.2) is 9.37 Å². The molecule has 0 saturated heterocycles. The van der Waals surface area contributed by atoms with Crippen LogP contribution in [0.2, 0.25) is 0 Å². The quantitative estimate of drug-likeness (QED) is 0.829. The molecule has 0 unspecified atom stereocenters. The van der Waals surface area contributed by atoms with Crippen LogP contribution < -0.4 is 10.5 Å². The van der Waals surface area contributed by atoms with Gasteiger partial charge in [-0.15, -0.1) is 6.58 Å².